The molecule has 0 N–H and O–H groups in total. The molecule has 1 heterocycles. The van der Waals surface area contributed by atoms with Crippen LogP contribution in [-0.2, 0) is 9.69 Å². The maximum Gasteiger partial charge on any atom is 0.328 e. The molecular weight excluding hydrogens is 66.8 g/mol. The highest BCUT2D eigenvalue weighted by atomic mass is 17.2. The summed E-state index contributed by atoms with van der Waals surface area (Å²) in [6.45, 7) is 0.653. The van der Waals surface area contributed by atoms with Crippen LogP contribution in [0.25, 0.3) is 0 Å². The fourth-order valence-electron chi connectivity index (χ4n) is 0.241. The maximum atomic E-state index is 4.39. The second-order valence-corrected chi connectivity index (χ2v) is 0.858. The zero-order valence-electron chi connectivity index (χ0n) is 2.81. The summed E-state index contributed by atoms with van der Waals surface area (Å²) in [6, 6.07) is 0. The quantitative estimate of drug-likeness (QED) is 0.282. The lowest BCUT2D eigenvalue weighted by Gasteiger charge is -1.79. The summed E-state index contributed by atoms with van der Waals surface area (Å²) in [5, 5.41) is 0. The molecule has 1 saturated heterocycles. The molecule has 1 fully saturated rings. The summed E-state index contributed by atoms with van der Waals surface area (Å²) >= 11 is 0. The van der Waals surface area contributed by atoms with Gasteiger partial charge in [-0.25, -0.2) is 0 Å². The Morgan fingerprint density at radius 3 is 3.00 bits per heavy atom. The Labute approximate surface area is 31.3 Å². The molecule has 0 spiro atoms. The van der Waals surface area contributed by atoms with E-state index in [1.54, 1.807) is 0 Å². The summed E-state index contributed by atoms with van der Waals surface area (Å²) in [4.78, 5) is 8.78. The second-order valence-electron chi connectivity index (χ2n) is 0.858. The molecule has 3 heteroatoms. The van der Waals surface area contributed by atoms with E-state index in [1.165, 1.54) is 0 Å². The van der Waals surface area contributed by atoms with Crippen molar-refractivity contribution in [2.45, 2.75) is 0 Å². The van der Waals surface area contributed by atoms with E-state index in [1.807, 2.05) is 6.32 Å². The van der Waals surface area contributed by atoms with Crippen molar-refractivity contribution in [3.63, 3.8) is 0 Å². The molecule has 1 rings (SSSR count). The molecular formula is C2H4BO2. The first-order valence-corrected chi connectivity index (χ1v) is 1.56. The third kappa shape index (κ3) is 0.632. The van der Waals surface area contributed by atoms with Crippen molar-refractivity contribution in [1.82, 2.24) is 0 Å². The van der Waals surface area contributed by atoms with Crippen molar-refractivity contribution in [3.05, 3.63) is 6.32 Å². The van der Waals surface area contributed by atoms with Gasteiger partial charge in [-0.3, -0.25) is 4.89 Å². The standard InChI is InChI=1S/C2H4BO2/c1-2-4-5-3-1/h1,3H,2H2. The van der Waals surface area contributed by atoms with Crippen LogP contribution in [0.5, 0.6) is 0 Å². The molecule has 1 aliphatic rings. The zero-order valence-corrected chi connectivity index (χ0v) is 2.81. The van der Waals surface area contributed by atoms with E-state index in [2.05, 4.69) is 9.69 Å². The monoisotopic (exact) mass is 71.0 g/mol. The van der Waals surface area contributed by atoms with E-state index < -0.39 is 0 Å². The molecule has 0 aliphatic carbocycles. The highest BCUT2D eigenvalue weighted by Crippen LogP contribution is 1.88. The third-order valence-corrected chi connectivity index (χ3v) is 0.455. The fourth-order valence-corrected chi connectivity index (χ4v) is 0.241. The summed E-state index contributed by atoms with van der Waals surface area (Å²) in [5.41, 5.74) is 0. The van der Waals surface area contributed by atoms with Crippen LogP contribution in [0, 0.1) is 6.32 Å². The van der Waals surface area contributed by atoms with Crippen molar-refractivity contribution in [3.8, 4) is 0 Å². The predicted molar refractivity (Wildman–Crippen MR) is 18.5 cm³/mol. The van der Waals surface area contributed by atoms with Gasteiger partial charge in [0.05, 0.1) is 6.61 Å². The van der Waals surface area contributed by atoms with Gasteiger partial charge in [0.25, 0.3) is 0 Å². The van der Waals surface area contributed by atoms with Gasteiger partial charge in [-0.2, -0.15) is 0 Å². The van der Waals surface area contributed by atoms with Gasteiger partial charge in [0.15, 0.2) is 0 Å². The van der Waals surface area contributed by atoms with Crippen molar-refractivity contribution < 1.29 is 9.69 Å². The average molecular weight is 70.9 g/mol. The lowest BCUT2D eigenvalue weighted by atomic mass is 9.99. The topological polar surface area (TPSA) is 18.5 Å². The zero-order chi connectivity index (χ0) is 3.54. The SMILES string of the molecule is B1[CH]COO1. The van der Waals surface area contributed by atoms with E-state index in [0.717, 1.165) is 0 Å². The van der Waals surface area contributed by atoms with E-state index in [-0.39, 0.29) is 0 Å². The maximum absolute atomic E-state index is 4.39. The van der Waals surface area contributed by atoms with E-state index >= 15 is 0 Å². The Morgan fingerprint density at radius 2 is 2.80 bits per heavy atom. The van der Waals surface area contributed by atoms with Gasteiger partial charge in [-0.05, 0) is 6.32 Å². The Kier molecular flexibility index (Phi) is 0.910. The minimum atomic E-state index is 0.653. The van der Waals surface area contributed by atoms with Crippen LogP contribution in [0.4, 0.5) is 0 Å². The smallest absolute Gasteiger partial charge is 0.309 e. The van der Waals surface area contributed by atoms with Crippen LogP contribution in [-0.4, -0.2) is 14.1 Å². The molecule has 27 valence electrons. The minimum Gasteiger partial charge on any atom is -0.309 e. The Bertz CT molecular complexity index is 19.2. The van der Waals surface area contributed by atoms with Gasteiger partial charge in [0.1, 0.15) is 0 Å². The first-order chi connectivity index (χ1) is 2.50. The summed E-state index contributed by atoms with van der Waals surface area (Å²) in [7, 11) is 0.653. The van der Waals surface area contributed by atoms with E-state index in [0.29, 0.717) is 14.1 Å². The summed E-state index contributed by atoms with van der Waals surface area (Å²) < 4.78 is 0. The fraction of sp³-hybridized carbons (Fsp3) is 0.500. The first-order valence-electron chi connectivity index (χ1n) is 1.56. The average Bonchev–Trinajstić information content (AvgIpc) is 1.76. The highest BCUT2D eigenvalue weighted by molar-refractivity contribution is 6.32. The van der Waals surface area contributed by atoms with Gasteiger partial charge in [-0.1, -0.05) is 0 Å². The van der Waals surface area contributed by atoms with Crippen molar-refractivity contribution in [2.24, 2.45) is 0 Å². The highest BCUT2D eigenvalue weighted by Gasteiger charge is 2.00. The molecule has 0 aromatic heterocycles. The van der Waals surface area contributed by atoms with Gasteiger partial charge in [0.2, 0.25) is 0 Å². The Morgan fingerprint density at radius 1 is 1.80 bits per heavy atom. The van der Waals surface area contributed by atoms with Crippen molar-refractivity contribution >= 4 is 7.48 Å². The van der Waals surface area contributed by atoms with E-state index in [9.17, 15) is 0 Å². The van der Waals surface area contributed by atoms with Crippen LogP contribution in [0.1, 0.15) is 0 Å². The first kappa shape index (κ1) is 3.19. The lowest BCUT2D eigenvalue weighted by Crippen LogP contribution is -1.79. The Hall–Kier alpha value is -0.0151. The molecule has 0 unspecified atom stereocenters. The molecule has 0 bridgehead atoms. The van der Waals surface area contributed by atoms with Crippen LogP contribution >= 0.6 is 0 Å². The largest absolute Gasteiger partial charge is 0.328 e. The van der Waals surface area contributed by atoms with Crippen LogP contribution in [0.15, 0.2) is 0 Å². The molecule has 1 radical (unpaired) electrons. The molecule has 0 aromatic rings. The van der Waals surface area contributed by atoms with E-state index in [4.69, 9.17) is 0 Å². The molecule has 0 saturated carbocycles. The van der Waals surface area contributed by atoms with Crippen molar-refractivity contribution in [2.75, 3.05) is 6.61 Å². The van der Waals surface area contributed by atoms with Crippen molar-refractivity contribution in [1.29, 1.82) is 0 Å². The molecule has 0 aromatic carbocycles. The Balaban J connectivity index is 2.08. The summed E-state index contributed by atoms with van der Waals surface area (Å²) in [5.74, 6) is 0. The van der Waals surface area contributed by atoms with Crippen LogP contribution < -0.4 is 0 Å². The molecule has 0 amide bonds. The minimum absolute atomic E-state index is 0.653. The van der Waals surface area contributed by atoms with Gasteiger partial charge < -0.3 is 4.81 Å². The van der Waals surface area contributed by atoms with Gasteiger partial charge in [-0.15, -0.1) is 0 Å². The number of hydrogen-bond donors (Lipinski definition) is 0. The summed E-state index contributed by atoms with van der Waals surface area (Å²) in [6.07, 6.45) is 1.92. The number of rotatable bonds is 0. The normalized spacial score (nSPS) is 22.4. The van der Waals surface area contributed by atoms with Crippen LogP contribution in [0.3, 0.4) is 0 Å². The lowest BCUT2D eigenvalue weighted by molar-refractivity contribution is -0.180. The molecule has 1 aliphatic heterocycles. The van der Waals surface area contributed by atoms with Crippen LogP contribution in [0.2, 0.25) is 0 Å². The second kappa shape index (κ2) is 1.43. The third-order valence-electron chi connectivity index (χ3n) is 0.455. The van der Waals surface area contributed by atoms with Gasteiger partial charge in [0, 0.05) is 0 Å². The molecule has 2 nitrogen and oxygen atoms in total. The number of hydrogen-bond acceptors (Lipinski definition) is 2. The molecule has 5 heavy (non-hydrogen) atoms. The molecule has 0 atom stereocenters. The predicted octanol–water partition coefficient (Wildman–Crippen LogP) is -0.539. The van der Waals surface area contributed by atoms with Gasteiger partial charge >= 0.3 is 7.48 Å².